The van der Waals surface area contributed by atoms with Crippen molar-refractivity contribution in [3.8, 4) is 0 Å². The summed E-state index contributed by atoms with van der Waals surface area (Å²) in [4.78, 5) is 13.4. The number of rotatable bonds is 1. The van der Waals surface area contributed by atoms with Crippen molar-refractivity contribution in [2.24, 2.45) is 5.41 Å². The van der Waals surface area contributed by atoms with Crippen LogP contribution in [0.1, 0.15) is 63.3 Å². The highest BCUT2D eigenvalue weighted by atomic mass is 32.1. The van der Waals surface area contributed by atoms with Crippen LogP contribution in [0.2, 0.25) is 0 Å². The molecule has 1 fully saturated rings. The van der Waals surface area contributed by atoms with E-state index in [0.717, 1.165) is 12.1 Å². The SMILES string of the molecule is CC(C)(C)OC(=O)Nc1csc2c1CCC1(CCCC1)C2. The molecule has 2 aliphatic rings. The molecule has 2 aliphatic carbocycles. The molecule has 1 heterocycles. The van der Waals surface area contributed by atoms with Gasteiger partial charge in [0.15, 0.2) is 0 Å². The van der Waals surface area contributed by atoms with E-state index in [-0.39, 0.29) is 6.09 Å². The summed E-state index contributed by atoms with van der Waals surface area (Å²) >= 11 is 1.80. The van der Waals surface area contributed by atoms with E-state index in [4.69, 9.17) is 4.74 Å². The van der Waals surface area contributed by atoms with Gasteiger partial charge >= 0.3 is 6.09 Å². The fourth-order valence-corrected chi connectivity index (χ4v) is 4.94. The van der Waals surface area contributed by atoms with Crippen molar-refractivity contribution in [3.05, 3.63) is 15.8 Å². The van der Waals surface area contributed by atoms with Crippen molar-refractivity contribution < 1.29 is 9.53 Å². The lowest BCUT2D eigenvalue weighted by atomic mass is 9.73. The monoisotopic (exact) mass is 307 g/mol. The molecule has 3 rings (SSSR count). The number of hydrogen-bond donors (Lipinski definition) is 1. The lowest BCUT2D eigenvalue weighted by Gasteiger charge is -2.33. The zero-order chi connectivity index (χ0) is 15.1. The molecule has 0 unspecified atom stereocenters. The maximum Gasteiger partial charge on any atom is 0.412 e. The van der Waals surface area contributed by atoms with Crippen LogP contribution in [0.25, 0.3) is 0 Å². The average molecular weight is 307 g/mol. The van der Waals surface area contributed by atoms with Gasteiger partial charge in [0.25, 0.3) is 0 Å². The third-order valence-electron chi connectivity index (χ3n) is 4.72. The number of carbonyl (C=O) groups excluding carboxylic acids is 1. The highest BCUT2D eigenvalue weighted by Gasteiger charge is 2.38. The lowest BCUT2D eigenvalue weighted by Crippen LogP contribution is -2.28. The fraction of sp³-hybridized carbons (Fsp3) is 0.706. The van der Waals surface area contributed by atoms with E-state index in [1.807, 2.05) is 20.8 Å². The summed E-state index contributed by atoms with van der Waals surface area (Å²) in [5, 5.41) is 5.02. The van der Waals surface area contributed by atoms with Crippen LogP contribution >= 0.6 is 11.3 Å². The molecule has 21 heavy (non-hydrogen) atoms. The van der Waals surface area contributed by atoms with Gasteiger partial charge in [-0.1, -0.05) is 12.8 Å². The minimum Gasteiger partial charge on any atom is -0.444 e. The van der Waals surface area contributed by atoms with E-state index in [1.54, 1.807) is 11.3 Å². The van der Waals surface area contributed by atoms with Gasteiger partial charge in [0.2, 0.25) is 0 Å². The number of thiophene rings is 1. The predicted octanol–water partition coefficient (Wildman–Crippen LogP) is 5.14. The molecule has 0 atom stereocenters. The maximum atomic E-state index is 11.9. The highest BCUT2D eigenvalue weighted by molar-refractivity contribution is 7.10. The van der Waals surface area contributed by atoms with E-state index >= 15 is 0 Å². The van der Waals surface area contributed by atoms with Gasteiger partial charge in [0, 0.05) is 10.3 Å². The summed E-state index contributed by atoms with van der Waals surface area (Å²) in [6.07, 6.45) is 8.81. The molecule has 1 N–H and O–H groups in total. The second-order valence-corrected chi connectivity index (χ2v) is 8.53. The smallest absolute Gasteiger partial charge is 0.412 e. The Morgan fingerprint density at radius 1 is 1.29 bits per heavy atom. The molecule has 0 aromatic carbocycles. The van der Waals surface area contributed by atoms with Crippen molar-refractivity contribution in [1.82, 2.24) is 0 Å². The summed E-state index contributed by atoms with van der Waals surface area (Å²) in [6, 6.07) is 0. The number of hydrogen-bond acceptors (Lipinski definition) is 3. The van der Waals surface area contributed by atoms with Gasteiger partial charge in [-0.25, -0.2) is 4.79 Å². The van der Waals surface area contributed by atoms with Crippen molar-refractivity contribution in [2.45, 2.75) is 71.3 Å². The van der Waals surface area contributed by atoms with Crippen molar-refractivity contribution in [3.63, 3.8) is 0 Å². The van der Waals surface area contributed by atoms with Crippen molar-refractivity contribution in [2.75, 3.05) is 5.32 Å². The van der Waals surface area contributed by atoms with Gasteiger partial charge in [0.1, 0.15) is 5.60 Å². The standard InChI is InChI=1S/C17H25NO2S/c1-16(2,3)20-15(19)18-13-11-21-14-10-17(7-4-5-8-17)9-6-12(13)14/h11H,4-10H2,1-3H3,(H,18,19). The number of amides is 1. The first kappa shape index (κ1) is 14.9. The van der Waals surface area contributed by atoms with Crippen molar-refractivity contribution in [1.29, 1.82) is 0 Å². The Morgan fingerprint density at radius 2 is 2.00 bits per heavy atom. The van der Waals surface area contributed by atoms with E-state index in [2.05, 4.69) is 10.7 Å². The quantitative estimate of drug-likeness (QED) is 0.779. The van der Waals surface area contributed by atoms with Crippen LogP contribution in [0, 0.1) is 5.41 Å². The van der Waals surface area contributed by atoms with Gasteiger partial charge < -0.3 is 4.74 Å². The molecule has 1 amide bonds. The molecule has 1 spiro atoms. The van der Waals surface area contributed by atoms with Gasteiger partial charge in [-0.15, -0.1) is 11.3 Å². The molecular formula is C17H25NO2S. The number of ether oxygens (including phenoxy) is 1. The Kier molecular flexibility index (Phi) is 3.76. The molecule has 1 saturated carbocycles. The molecule has 0 radical (unpaired) electrons. The molecular weight excluding hydrogens is 282 g/mol. The zero-order valence-electron chi connectivity index (χ0n) is 13.3. The van der Waals surface area contributed by atoms with Crippen LogP contribution in [0.3, 0.4) is 0 Å². The van der Waals surface area contributed by atoms with Gasteiger partial charge in [0.05, 0.1) is 5.69 Å². The second-order valence-electron chi connectivity index (χ2n) is 7.56. The van der Waals surface area contributed by atoms with Crippen LogP contribution in [0.5, 0.6) is 0 Å². The number of fused-ring (bicyclic) bond motifs is 1. The molecule has 3 nitrogen and oxygen atoms in total. The van der Waals surface area contributed by atoms with Crippen molar-refractivity contribution >= 4 is 23.1 Å². The minimum atomic E-state index is -0.450. The largest absolute Gasteiger partial charge is 0.444 e. The molecule has 4 heteroatoms. The van der Waals surface area contributed by atoms with Crippen LogP contribution in [0.4, 0.5) is 10.5 Å². The maximum absolute atomic E-state index is 11.9. The first-order valence-electron chi connectivity index (χ1n) is 7.96. The molecule has 116 valence electrons. The molecule has 0 aliphatic heterocycles. The van der Waals surface area contributed by atoms with Crippen LogP contribution in [0.15, 0.2) is 5.38 Å². The first-order valence-corrected chi connectivity index (χ1v) is 8.84. The lowest BCUT2D eigenvalue weighted by molar-refractivity contribution is 0.0636. The summed E-state index contributed by atoms with van der Waals surface area (Å²) in [5.41, 5.74) is 2.44. The molecule has 1 aromatic rings. The van der Waals surface area contributed by atoms with Gasteiger partial charge in [-0.05, 0) is 63.9 Å². The van der Waals surface area contributed by atoms with Crippen LogP contribution in [-0.4, -0.2) is 11.7 Å². The highest BCUT2D eigenvalue weighted by Crippen LogP contribution is 2.50. The molecule has 1 aromatic heterocycles. The topological polar surface area (TPSA) is 38.3 Å². The third-order valence-corrected chi connectivity index (χ3v) is 5.75. The Labute approximate surface area is 131 Å². The summed E-state index contributed by atoms with van der Waals surface area (Å²) in [7, 11) is 0. The number of carbonyl (C=O) groups is 1. The molecule has 0 saturated heterocycles. The van der Waals surface area contributed by atoms with Crippen LogP contribution < -0.4 is 5.32 Å². The Morgan fingerprint density at radius 3 is 2.67 bits per heavy atom. The third kappa shape index (κ3) is 3.25. The van der Waals surface area contributed by atoms with E-state index in [0.29, 0.717) is 5.41 Å². The van der Waals surface area contributed by atoms with Gasteiger partial charge in [-0.2, -0.15) is 0 Å². The fourth-order valence-electron chi connectivity index (χ4n) is 3.73. The first-order chi connectivity index (χ1) is 9.87. The Bertz CT molecular complexity index is 535. The Balaban J connectivity index is 1.70. The Hall–Kier alpha value is -1.03. The number of anilines is 1. The minimum absolute atomic E-state index is 0.343. The van der Waals surface area contributed by atoms with E-state index in [9.17, 15) is 4.79 Å². The average Bonchev–Trinajstić information content (AvgIpc) is 2.95. The number of nitrogens with one attached hydrogen (secondary N) is 1. The summed E-state index contributed by atoms with van der Waals surface area (Å²) in [5.74, 6) is 0. The van der Waals surface area contributed by atoms with E-state index < -0.39 is 5.60 Å². The normalized spacial score (nSPS) is 20.3. The molecule has 0 bridgehead atoms. The predicted molar refractivity (Wildman–Crippen MR) is 87.1 cm³/mol. The van der Waals surface area contributed by atoms with Gasteiger partial charge in [-0.3, -0.25) is 5.32 Å². The zero-order valence-corrected chi connectivity index (χ0v) is 14.1. The van der Waals surface area contributed by atoms with E-state index in [1.165, 1.54) is 49.0 Å². The summed E-state index contributed by atoms with van der Waals surface area (Å²) in [6.45, 7) is 5.67. The van der Waals surface area contributed by atoms with Crippen LogP contribution in [-0.2, 0) is 17.6 Å². The second kappa shape index (κ2) is 5.31. The summed E-state index contributed by atoms with van der Waals surface area (Å²) < 4.78 is 5.35.